The molecule has 29 heavy (non-hydrogen) atoms. The summed E-state index contributed by atoms with van der Waals surface area (Å²) in [6.07, 6.45) is 8.67. The molecule has 5 rings (SSSR count). The van der Waals surface area contributed by atoms with Crippen molar-refractivity contribution in [2.45, 2.75) is 51.6 Å². The molecule has 0 radical (unpaired) electrons. The first-order chi connectivity index (χ1) is 14.2. The Morgan fingerprint density at radius 2 is 1.97 bits per heavy atom. The van der Waals surface area contributed by atoms with Crippen molar-refractivity contribution in [1.82, 2.24) is 9.78 Å². The summed E-state index contributed by atoms with van der Waals surface area (Å²) in [6, 6.07) is 13.2. The van der Waals surface area contributed by atoms with Gasteiger partial charge in [-0.2, -0.15) is 5.10 Å². The molecule has 0 amide bonds. The quantitative estimate of drug-likeness (QED) is 0.484. The summed E-state index contributed by atoms with van der Waals surface area (Å²) < 4.78 is 8.60. The van der Waals surface area contributed by atoms with Crippen LogP contribution in [0.15, 0.2) is 48.8 Å². The van der Waals surface area contributed by atoms with Gasteiger partial charge in [0.05, 0.1) is 17.3 Å². The second kappa shape index (κ2) is 7.42. The monoisotopic (exact) mass is 407 g/mol. The van der Waals surface area contributed by atoms with Crippen molar-refractivity contribution < 1.29 is 4.74 Å². The minimum absolute atomic E-state index is 0.532. The maximum atomic E-state index is 6.51. The van der Waals surface area contributed by atoms with E-state index in [1.54, 1.807) is 0 Å². The molecule has 4 nitrogen and oxygen atoms in total. The molecule has 2 heterocycles. The minimum atomic E-state index is 0.532. The van der Waals surface area contributed by atoms with Crippen molar-refractivity contribution in [3.05, 3.63) is 59.4 Å². The molecular formula is C24H26ClN3O. The number of para-hydroxylation sites is 1. The fourth-order valence-electron chi connectivity index (χ4n) is 4.35. The number of rotatable bonds is 5. The van der Waals surface area contributed by atoms with E-state index in [4.69, 9.17) is 16.3 Å². The molecule has 1 fully saturated rings. The van der Waals surface area contributed by atoms with E-state index < -0.39 is 0 Å². The Kier molecular flexibility index (Phi) is 4.75. The summed E-state index contributed by atoms with van der Waals surface area (Å²) in [6.45, 7) is 5.50. The number of anilines is 1. The summed E-state index contributed by atoms with van der Waals surface area (Å²) in [5.74, 6) is 1.61. The molecule has 1 aliphatic carbocycles. The highest BCUT2D eigenvalue weighted by molar-refractivity contribution is 6.32. The van der Waals surface area contributed by atoms with Gasteiger partial charge in [-0.15, -0.1) is 0 Å². The molecule has 150 valence electrons. The Morgan fingerprint density at radius 3 is 2.72 bits per heavy atom. The van der Waals surface area contributed by atoms with Gasteiger partial charge in [0.2, 0.25) is 0 Å². The predicted molar refractivity (Wildman–Crippen MR) is 118 cm³/mol. The van der Waals surface area contributed by atoms with Crippen molar-refractivity contribution >= 4 is 17.3 Å². The molecule has 1 aliphatic heterocycles. The van der Waals surface area contributed by atoms with Gasteiger partial charge in [0.15, 0.2) is 0 Å². The standard InChI is InChI=1S/C24H26ClN3O/c1-3-27-16(2)8-11-20-22(27)13-12-19(17-14-26-28(15-17)18-9-10-18)24(20)29-23-7-5-4-6-21(23)25/h4-7,12-16,18H,3,8-11H2,1-2H3/t16-/m0/s1. The Labute approximate surface area is 177 Å². The Hall–Kier alpha value is -2.46. The maximum Gasteiger partial charge on any atom is 0.146 e. The third-order valence-corrected chi connectivity index (χ3v) is 6.42. The van der Waals surface area contributed by atoms with Crippen LogP contribution < -0.4 is 9.64 Å². The average molecular weight is 408 g/mol. The number of benzene rings is 2. The molecule has 1 aromatic heterocycles. The number of nitrogens with zero attached hydrogens (tertiary/aromatic N) is 3. The summed E-state index contributed by atoms with van der Waals surface area (Å²) in [5, 5.41) is 5.23. The lowest BCUT2D eigenvalue weighted by atomic mass is 9.92. The summed E-state index contributed by atoms with van der Waals surface area (Å²) in [4.78, 5) is 2.47. The highest BCUT2D eigenvalue weighted by Gasteiger charge is 2.29. The lowest BCUT2D eigenvalue weighted by molar-refractivity contribution is 0.469. The molecule has 5 heteroatoms. The van der Waals surface area contributed by atoms with Crippen LogP contribution in [0.5, 0.6) is 11.5 Å². The number of hydrogen-bond donors (Lipinski definition) is 0. The van der Waals surface area contributed by atoms with Crippen LogP contribution in [0, 0.1) is 0 Å². The highest BCUT2D eigenvalue weighted by atomic mass is 35.5. The third kappa shape index (κ3) is 3.40. The molecule has 1 atom stereocenters. The van der Waals surface area contributed by atoms with E-state index in [1.807, 2.05) is 30.5 Å². The van der Waals surface area contributed by atoms with Crippen molar-refractivity contribution in [2.24, 2.45) is 0 Å². The van der Waals surface area contributed by atoms with Crippen LogP contribution >= 0.6 is 11.6 Å². The van der Waals surface area contributed by atoms with Gasteiger partial charge in [-0.25, -0.2) is 0 Å². The van der Waals surface area contributed by atoms with Crippen LogP contribution in [0.2, 0.25) is 5.02 Å². The molecule has 0 N–H and O–H groups in total. The lowest BCUT2D eigenvalue weighted by Gasteiger charge is -2.37. The third-order valence-electron chi connectivity index (χ3n) is 6.11. The Bertz CT molecular complexity index is 1040. The second-order valence-electron chi connectivity index (χ2n) is 8.09. The highest BCUT2D eigenvalue weighted by Crippen LogP contribution is 2.46. The predicted octanol–water partition coefficient (Wildman–Crippen LogP) is 6.49. The molecule has 0 bridgehead atoms. The number of aromatic nitrogens is 2. The van der Waals surface area contributed by atoms with Crippen molar-refractivity contribution in [1.29, 1.82) is 0 Å². The van der Waals surface area contributed by atoms with E-state index in [1.165, 1.54) is 24.1 Å². The average Bonchev–Trinajstić information content (AvgIpc) is 3.47. The molecule has 0 saturated heterocycles. The Morgan fingerprint density at radius 1 is 1.14 bits per heavy atom. The Balaban J connectivity index is 1.64. The van der Waals surface area contributed by atoms with E-state index in [9.17, 15) is 0 Å². The molecular weight excluding hydrogens is 382 g/mol. The van der Waals surface area contributed by atoms with Gasteiger partial charge in [0.1, 0.15) is 11.5 Å². The van der Waals surface area contributed by atoms with E-state index in [2.05, 4.69) is 46.9 Å². The zero-order valence-corrected chi connectivity index (χ0v) is 17.7. The molecule has 3 aromatic rings. The number of hydrogen-bond acceptors (Lipinski definition) is 3. The van der Waals surface area contributed by atoms with Crippen molar-refractivity contribution in [3.8, 4) is 22.6 Å². The zero-order chi connectivity index (χ0) is 20.0. The van der Waals surface area contributed by atoms with E-state index in [0.717, 1.165) is 36.3 Å². The first kappa shape index (κ1) is 18.6. The molecule has 2 aliphatic rings. The first-order valence-electron chi connectivity index (χ1n) is 10.5. The molecule has 1 saturated carbocycles. The van der Waals surface area contributed by atoms with Crippen molar-refractivity contribution in [3.63, 3.8) is 0 Å². The topological polar surface area (TPSA) is 30.3 Å². The van der Waals surface area contributed by atoms with Crippen LogP contribution in [-0.4, -0.2) is 22.4 Å². The number of fused-ring (bicyclic) bond motifs is 1. The van der Waals surface area contributed by atoms with Gasteiger partial charge < -0.3 is 9.64 Å². The van der Waals surface area contributed by atoms with E-state index in [-0.39, 0.29) is 0 Å². The first-order valence-corrected chi connectivity index (χ1v) is 10.9. The normalized spacial score (nSPS) is 18.6. The molecule has 0 unspecified atom stereocenters. The number of halogens is 1. The molecule has 2 aromatic carbocycles. The van der Waals surface area contributed by atoms with Gasteiger partial charge in [0, 0.05) is 41.2 Å². The van der Waals surface area contributed by atoms with Gasteiger partial charge in [-0.3, -0.25) is 4.68 Å². The van der Waals surface area contributed by atoms with Crippen LogP contribution in [0.3, 0.4) is 0 Å². The van der Waals surface area contributed by atoms with Gasteiger partial charge in [-0.1, -0.05) is 23.7 Å². The lowest BCUT2D eigenvalue weighted by Crippen LogP contribution is -2.37. The number of ether oxygens (including phenoxy) is 1. The maximum absolute atomic E-state index is 6.51. The second-order valence-corrected chi connectivity index (χ2v) is 8.49. The minimum Gasteiger partial charge on any atom is -0.455 e. The summed E-state index contributed by atoms with van der Waals surface area (Å²) >= 11 is 6.44. The van der Waals surface area contributed by atoms with Crippen LogP contribution in [0.25, 0.3) is 11.1 Å². The fourth-order valence-corrected chi connectivity index (χ4v) is 4.53. The molecule has 0 spiro atoms. The van der Waals surface area contributed by atoms with Crippen LogP contribution in [-0.2, 0) is 6.42 Å². The largest absolute Gasteiger partial charge is 0.455 e. The van der Waals surface area contributed by atoms with Gasteiger partial charge in [0.25, 0.3) is 0 Å². The summed E-state index contributed by atoms with van der Waals surface area (Å²) in [7, 11) is 0. The van der Waals surface area contributed by atoms with E-state index >= 15 is 0 Å². The van der Waals surface area contributed by atoms with Crippen LogP contribution in [0.1, 0.15) is 44.7 Å². The van der Waals surface area contributed by atoms with Gasteiger partial charge in [-0.05, 0) is 63.8 Å². The zero-order valence-electron chi connectivity index (χ0n) is 16.9. The van der Waals surface area contributed by atoms with E-state index in [0.29, 0.717) is 22.9 Å². The van der Waals surface area contributed by atoms with Gasteiger partial charge >= 0.3 is 0 Å². The smallest absolute Gasteiger partial charge is 0.146 e. The fraction of sp³-hybridized carbons (Fsp3) is 0.375. The SMILES string of the molecule is CCN1c2ccc(-c3cnn(C4CC4)c3)c(Oc3ccccc3Cl)c2CC[C@@H]1C. The summed E-state index contributed by atoms with van der Waals surface area (Å²) in [5.41, 5.74) is 4.72. The van der Waals surface area contributed by atoms with Crippen LogP contribution in [0.4, 0.5) is 5.69 Å². The van der Waals surface area contributed by atoms with Crippen molar-refractivity contribution in [2.75, 3.05) is 11.4 Å².